The lowest BCUT2D eigenvalue weighted by molar-refractivity contribution is 0.419. The Bertz CT molecular complexity index is 1520. The maximum atomic E-state index is 13.2. The summed E-state index contributed by atoms with van der Waals surface area (Å²) < 4.78 is 8.72. The molecule has 0 aliphatic heterocycles. The molecule has 5 rings (SSSR count). The molecule has 31 heavy (non-hydrogen) atoms. The van der Waals surface area contributed by atoms with Gasteiger partial charge in [-0.2, -0.15) is 0 Å². The van der Waals surface area contributed by atoms with Crippen LogP contribution < -0.4 is 11.0 Å². The van der Waals surface area contributed by atoms with E-state index < -0.39 is 11.2 Å². The number of benzene rings is 2. The van der Waals surface area contributed by atoms with Crippen LogP contribution in [0.4, 0.5) is 0 Å². The highest BCUT2D eigenvalue weighted by Gasteiger charge is 2.17. The highest BCUT2D eigenvalue weighted by Crippen LogP contribution is 2.25. The number of rotatable bonds is 5. The smallest absolute Gasteiger partial charge is 0.263 e. The highest BCUT2D eigenvalue weighted by atomic mass is 32.2. The first kappa shape index (κ1) is 19.1. The topological polar surface area (TPSA) is 103 Å². The fourth-order valence-corrected chi connectivity index (χ4v) is 4.22. The zero-order valence-corrected chi connectivity index (χ0v) is 17.0. The van der Waals surface area contributed by atoms with Gasteiger partial charge in [0.15, 0.2) is 10.9 Å². The molecule has 9 heteroatoms. The first-order valence-electron chi connectivity index (χ1n) is 9.46. The Morgan fingerprint density at radius 1 is 1.00 bits per heavy atom. The van der Waals surface area contributed by atoms with Crippen molar-refractivity contribution in [3.05, 3.63) is 98.8 Å². The van der Waals surface area contributed by atoms with Crippen molar-refractivity contribution in [2.75, 3.05) is 0 Å². The number of para-hydroxylation sites is 1. The Morgan fingerprint density at radius 2 is 1.77 bits per heavy atom. The Morgan fingerprint density at radius 3 is 2.58 bits per heavy atom. The van der Waals surface area contributed by atoms with Crippen LogP contribution in [0.25, 0.3) is 16.7 Å². The fraction of sp³-hybridized carbons (Fsp3) is 0.0909. The SMILES string of the molecule is O=c1cc(CSc2nnc3n(Cc4ccccc4)c(=O)c4ccccc4n23)occ1O. The summed E-state index contributed by atoms with van der Waals surface area (Å²) in [5.41, 5.74) is 1.03. The predicted octanol–water partition coefficient (Wildman–Crippen LogP) is 3.04. The number of aromatic hydroxyl groups is 1. The minimum absolute atomic E-state index is 0.138. The molecule has 3 aromatic heterocycles. The van der Waals surface area contributed by atoms with Crippen LogP contribution in [0, 0.1) is 0 Å². The number of hydrogen-bond donors (Lipinski definition) is 1. The predicted molar refractivity (Wildman–Crippen MR) is 117 cm³/mol. The normalized spacial score (nSPS) is 11.4. The summed E-state index contributed by atoms with van der Waals surface area (Å²) in [5, 5.41) is 19.1. The van der Waals surface area contributed by atoms with Gasteiger partial charge in [-0.3, -0.25) is 18.6 Å². The molecule has 1 N–H and O–H groups in total. The fourth-order valence-electron chi connectivity index (χ4n) is 3.39. The third-order valence-corrected chi connectivity index (χ3v) is 5.82. The van der Waals surface area contributed by atoms with Crippen LogP contribution in [0.5, 0.6) is 5.75 Å². The molecule has 0 unspecified atom stereocenters. The summed E-state index contributed by atoms with van der Waals surface area (Å²) in [6, 6.07) is 18.3. The summed E-state index contributed by atoms with van der Waals surface area (Å²) in [6.07, 6.45) is 1.02. The first-order valence-corrected chi connectivity index (χ1v) is 10.4. The van der Waals surface area contributed by atoms with Crippen LogP contribution in [0.3, 0.4) is 0 Å². The van der Waals surface area contributed by atoms with Crippen LogP contribution in [-0.4, -0.2) is 24.3 Å². The molecule has 0 saturated carbocycles. The number of thioether (sulfide) groups is 1. The Kier molecular flexibility index (Phi) is 4.79. The number of fused-ring (bicyclic) bond motifs is 3. The number of aromatic nitrogens is 4. The van der Waals surface area contributed by atoms with Gasteiger partial charge in [0.2, 0.25) is 11.2 Å². The van der Waals surface area contributed by atoms with E-state index in [1.807, 2.05) is 52.9 Å². The van der Waals surface area contributed by atoms with Crippen molar-refractivity contribution in [2.45, 2.75) is 17.5 Å². The van der Waals surface area contributed by atoms with Gasteiger partial charge in [0, 0.05) is 6.07 Å². The minimum atomic E-state index is -0.505. The van der Waals surface area contributed by atoms with Crippen LogP contribution >= 0.6 is 11.8 Å². The van der Waals surface area contributed by atoms with Gasteiger partial charge < -0.3 is 9.52 Å². The molecule has 0 amide bonds. The van der Waals surface area contributed by atoms with Gasteiger partial charge in [-0.1, -0.05) is 54.2 Å². The van der Waals surface area contributed by atoms with Crippen LogP contribution in [-0.2, 0) is 12.3 Å². The Hall–Kier alpha value is -3.85. The lowest BCUT2D eigenvalue weighted by Crippen LogP contribution is -2.24. The lowest BCUT2D eigenvalue weighted by Gasteiger charge is -2.11. The van der Waals surface area contributed by atoms with Crippen molar-refractivity contribution < 1.29 is 9.52 Å². The summed E-state index contributed by atoms with van der Waals surface area (Å²) in [6.45, 7) is 0.365. The van der Waals surface area contributed by atoms with Crippen LogP contribution in [0.1, 0.15) is 11.3 Å². The first-order chi connectivity index (χ1) is 15.1. The van der Waals surface area contributed by atoms with Crippen molar-refractivity contribution >= 4 is 28.4 Å². The van der Waals surface area contributed by atoms with Crippen molar-refractivity contribution in [3.63, 3.8) is 0 Å². The minimum Gasteiger partial charge on any atom is -0.502 e. The summed E-state index contributed by atoms with van der Waals surface area (Å²) in [4.78, 5) is 24.9. The maximum Gasteiger partial charge on any atom is 0.263 e. The van der Waals surface area contributed by atoms with E-state index >= 15 is 0 Å². The van der Waals surface area contributed by atoms with Crippen molar-refractivity contribution in [1.82, 2.24) is 19.2 Å². The lowest BCUT2D eigenvalue weighted by atomic mass is 10.2. The average molecular weight is 432 g/mol. The Balaban J connectivity index is 1.63. The second-order valence-electron chi connectivity index (χ2n) is 6.90. The monoisotopic (exact) mass is 432 g/mol. The maximum absolute atomic E-state index is 13.2. The van der Waals surface area contributed by atoms with E-state index in [0.29, 0.717) is 39.9 Å². The third-order valence-electron chi connectivity index (χ3n) is 4.87. The number of hydrogen-bond acceptors (Lipinski definition) is 7. The molecule has 0 aliphatic rings. The quantitative estimate of drug-likeness (QED) is 0.426. The van der Waals surface area contributed by atoms with Gasteiger partial charge in [-0.15, -0.1) is 10.2 Å². The summed E-state index contributed by atoms with van der Waals surface area (Å²) in [5.74, 6) is 0.703. The molecule has 0 aliphatic carbocycles. The zero-order valence-electron chi connectivity index (χ0n) is 16.1. The molecule has 2 aromatic carbocycles. The number of nitrogens with zero attached hydrogens (tertiary/aromatic N) is 4. The molecule has 154 valence electrons. The largest absolute Gasteiger partial charge is 0.502 e. The van der Waals surface area contributed by atoms with Crippen molar-refractivity contribution in [2.24, 2.45) is 0 Å². The third kappa shape index (κ3) is 3.49. The van der Waals surface area contributed by atoms with E-state index in [1.54, 1.807) is 10.6 Å². The average Bonchev–Trinajstić information content (AvgIpc) is 3.22. The zero-order chi connectivity index (χ0) is 21.4. The molecule has 8 nitrogen and oxygen atoms in total. The molecule has 0 radical (unpaired) electrons. The van der Waals surface area contributed by atoms with Gasteiger partial charge in [0.05, 0.1) is 23.2 Å². The van der Waals surface area contributed by atoms with Gasteiger partial charge in [-0.25, -0.2) is 0 Å². The molecular formula is C22H16N4O4S. The van der Waals surface area contributed by atoms with E-state index in [2.05, 4.69) is 10.2 Å². The van der Waals surface area contributed by atoms with Crippen LogP contribution in [0.2, 0.25) is 0 Å². The van der Waals surface area contributed by atoms with E-state index in [1.165, 1.54) is 17.8 Å². The molecule has 0 saturated heterocycles. The molecule has 0 fully saturated rings. The van der Waals surface area contributed by atoms with Crippen molar-refractivity contribution in [3.8, 4) is 5.75 Å². The van der Waals surface area contributed by atoms with E-state index in [0.717, 1.165) is 11.8 Å². The standard InChI is InChI=1S/C22H16N4O4S/c27-18-10-15(30-12-19(18)28)13-31-22-24-23-21-25(11-14-6-2-1-3-7-14)20(29)16-8-4-5-9-17(16)26(21)22/h1-10,12,28H,11,13H2. The highest BCUT2D eigenvalue weighted by molar-refractivity contribution is 7.98. The second kappa shape index (κ2) is 7.77. The van der Waals surface area contributed by atoms with E-state index in [4.69, 9.17) is 4.42 Å². The molecule has 3 heterocycles. The molecular weight excluding hydrogens is 416 g/mol. The van der Waals surface area contributed by atoms with Gasteiger partial charge in [-0.05, 0) is 17.7 Å². The molecule has 0 bridgehead atoms. The van der Waals surface area contributed by atoms with Crippen LogP contribution in [0.15, 0.2) is 86.1 Å². The van der Waals surface area contributed by atoms with Gasteiger partial charge in [0.25, 0.3) is 5.56 Å². The Labute approximate surface area is 179 Å². The molecule has 5 aromatic rings. The molecule has 0 atom stereocenters. The van der Waals surface area contributed by atoms with Gasteiger partial charge in [0.1, 0.15) is 12.0 Å². The summed E-state index contributed by atoms with van der Waals surface area (Å²) >= 11 is 1.32. The van der Waals surface area contributed by atoms with E-state index in [9.17, 15) is 14.7 Å². The molecule has 0 spiro atoms. The van der Waals surface area contributed by atoms with E-state index in [-0.39, 0.29) is 5.56 Å². The summed E-state index contributed by atoms with van der Waals surface area (Å²) in [7, 11) is 0. The van der Waals surface area contributed by atoms with Crippen molar-refractivity contribution in [1.29, 1.82) is 0 Å². The van der Waals surface area contributed by atoms with Gasteiger partial charge >= 0.3 is 0 Å². The second-order valence-corrected chi connectivity index (χ2v) is 7.84.